The predicted octanol–water partition coefficient (Wildman–Crippen LogP) is 3.85. The molecule has 0 fully saturated rings. The van der Waals surface area contributed by atoms with E-state index in [1.54, 1.807) is 19.2 Å². The van der Waals surface area contributed by atoms with Crippen LogP contribution in [0.1, 0.15) is 48.4 Å². The third-order valence-electron chi connectivity index (χ3n) is 5.84. The average Bonchev–Trinajstić information content (AvgIpc) is 2.72. The minimum atomic E-state index is 0.0899. The number of nitrogens with one attached hydrogen (secondary N) is 1. The van der Waals surface area contributed by atoms with E-state index >= 15 is 0 Å². The number of methoxy groups -OCH3 is 1. The first-order chi connectivity index (χ1) is 14.0. The number of carbonyl (C=O) groups excluding carboxylic acids is 1. The van der Waals surface area contributed by atoms with Crippen LogP contribution in [0, 0.1) is 0 Å². The molecule has 5 heteroatoms. The van der Waals surface area contributed by atoms with Gasteiger partial charge in [0.25, 0.3) is 0 Å². The molecule has 156 valence electrons. The second kappa shape index (κ2) is 9.79. The summed E-state index contributed by atoms with van der Waals surface area (Å²) in [4.78, 5) is 14.8. The van der Waals surface area contributed by atoms with Crippen LogP contribution in [0.5, 0.6) is 11.5 Å². The van der Waals surface area contributed by atoms with E-state index in [-0.39, 0.29) is 23.7 Å². The smallest absolute Gasteiger partial charge is 0.220 e. The number of fused-ring (bicyclic) bond motifs is 1. The number of benzene rings is 2. The zero-order chi connectivity index (χ0) is 20.8. The number of phenolic OH excluding ortho intramolecular Hbond substituents is 1. The number of amides is 1. The van der Waals surface area contributed by atoms with Crippen molar-refractivity contribution in [3.8, 4) is 11.5 Å². The summed E-state index contributed by atoms with van der Waals surface area (Å²) in [5, 5.41) is 12.7. The van der Waals surface area contributed by atoms with Crippen molar-refractivity contribution in [3.63, 3.8) is 0 Å². The summed E-state index contributed by atoms with van der Waals surface area (Å²) in [6, 6.07) is 13.8. The first kappa shape index (κ1) is 21.2. The van der Waals surface area contributed by atoms with Crippen molar-refractivity contribution in [2.75, 3.05) is 21.2 Å². The number of hydrogen-bond donors (Lipinski definition) is 2. The van der Waals surface area contributed by atoms with Crippen LogP contribution in [0.2, 0.25) is 0 Å². The Kier molecular flexibility index (Phi) is 7.15. The number of hydrogen-bond acceptors (Lipinski definition) is 4. The minimum Gasteiger partial charge on any atom is -0.508 e. The summed E-state index contributed by atoms with van der Waals surface area (Å²) >= 11 is 0. The lowest BCUT2D eigenvalue weighted by Gasteiger charge is -2.28. The fraction of sp³-hybridized carbons (Fsp3) is 0.458. The van der Waals surface area contributed by atoms with Gasteiger partial charge in [-0.05, 0) is 87.2 Å². The van der Waals surface area contributed by atoms with Gasteiger partial charge in [-0.25, -0.2) is 0 Å². The summed E-state index contributed by atoms with van der Waals surface area (Å²) < 4.78 is 5.33. The van der Waals surface area contributed by atoms with Crippen molar-refractivity contribution < 1.29 is 14.6 Å². The summed E-state index contributed by atoms with van der Waals surface area (Å²) in [7, 11) is 5.78. The summed E-state index contributed by atoms with van der Waals surface area (Å²) in [6.45, 7) is 0. The summed E-state index contributed by atoms with van der Waals surface area (Å²) in [5.74, 6) is 1.26. The molecule has 29 heavy (non-hydrogen) atoms. The fourth-order valence-corrected chi connectivity index (χ4v) is 4.08. The van der Waals surface area contributed by atoms with Crippen LogP contribution >= 0.6 is 0 Å². The van der Waals surface area contributed by atoms with Crippen LogP contribution in [-0.4, -0.2) is 43.2 Å². The van der Waals surface area contributed by atoms with Gasteiger partial charge in [0.15, 0.2) is 0 Å². The molecule has 1 amide bonds. The molecule has 1 aliphatic carbocycles. The minimum absolute atomic E-state index is 0.0899. The largest absolute Gasteiger partial charge is 0.508 e. The Bertz CT molecular complexity index is 817. The molecule has 0 spiro atoms. The lowest BCUT2D eigenvalue weighted by Crippen LogP contribution is -2.34. The highest BCUT2D eigenvalue weighted by Crippen LogP contribution is 2.32. The normalized spacial score (nSPS) is 16.9. The van der Waals surface area contributed by atoms with E-state index in [2.05, 4.69) is 22.3 Å². The maximum atomic E-state index is 12.7. The van der Waals surface area contributed by atoms with E-state index < -0.39 is 0 Å². The zero-order valence-electron chi connectivity index (χ0n) is 17.6. The highest BCUT2D eigenvalue weighted by molar-refractivity contribution is 5.76. The Morgan fingerprint density at radius 1 is 1.24 bits per heavy atom. The standard InChI is InChI=1S/C24H32N2O3/c1-26(2)19(15-17-7-10-20(27)11-8-17)9-14-24(28)25-23-6-4-5-18-16-21(29-3)12-13-22(18)23/h7-8,10-13,16,19,23,27H,4-6,9,14-15H2,1-3H3,(H,25,28)/t19-,23?/m1/s1. The quantitative estimate of drug-likeness (QED) is 0.712. The Hall–Kier alpha value is -2.53. The summed E-state index contributed by atoms with van der Waals surface area (Å²) in [5.41, 5.74) is 3.66. The zero-order valence-corrected chi connectivity index (χ0v) is 17.6. The molecular formula is C24H32N2O3. The van der Waals surface area contributed by atoms with Crippen molar-refractivity contribution in [1.82, 2.24) is 10.2 Å². The maximum Gasteiger partial charge on any atom is 0.220 e. The average molecular weight is 397 g/mol. The van der Waals surface area contributed by atoms with Crippen molar-refractivity contribution in [2.24, 2.45) is 0 Å². The van der Waals surface area contributed by atoms with E-state index in [0.717, 1.165) is 43.4 Å². The number of carbonyl (C=O) groups is 1. The topological polar surface area (TPSA) is 61.8 Å². The Morgan fingerprint density at radius 3 is 2.69 bits per heavy atom. The van der Waals surface area contributed by atoms with Crippen LogP contribution in [0.4, 0.5) is 0 Å². The molecule has 0 saturated heterocycles. The van der Waals surface area contributed by atoms with E-state index in [0.29, 0.717) is 6.42 Å². The van der Waals surface area contributed by atoms with Crippen molar-refractivity contribution in [3.05, 3.63) is 59.2 Å². The molecule has 0 aliphatic heterocycles. The third kappa shape index (κ3) is 5.73. The second-order valence-corrected chi connectivity index (χ2v) is 8.10. The number of nitrogens with zero attached hydrogens (tertiary/aromatic N) is 1. The number of likely N-dealkylation sites (N-methyl/N-ethyl adjacent to an activating group) is 1. The molecule has 2 N–H and O–H groups in total. The highest BCUT2D eigenvalue weighted by atomic mass is 16.5. The van der Waals surface area contributed by atoms with Gasteiger partial charge < -0.3 is 20.1 Å². The van der Waals surface area contributed by atoms with Gasteiger partial charge in [-0.3, -0.25) is 4.79 Å². The molecule has 0 radical (unpaired) electrons. The van der Waals surface area contributed by atoms with Gasteiger partial charge >= 0.3 is 0 Å². The van der Waals surface area contributed by atoms with Crippen LogP contribution in [0.3, 0.4) is 0 Å². The van der Waals surface area contributed by atoms with Gasteiger partial charge in [0, 0.05) is 12.5 Å². The van der Waals surface area contributed by atoms with Gasteiger partial charge in [0.1, 0.15) is 11.5 Å². The van der Waals surface area contributed by atoms with Crippen LogP contribution < -0.4 is 10.1 Å². The number of rotatable bonds is 8. The molecule has 1 unspecified atom stereocenters. The Balaban J connectivity index is 1.57. The lowest BCUT2D eigenvalue weighted by atomic mass is 9.87. The van der Waals surface area contributed by atoms with E-state index in [1.165, 1.54) is 11.1 Å². The van der Waals surface area contributed by atoms with Gasteiger partial charge in [-0.15, -0.1) is 0 Å². The van der Waals surface area contributed by atoms with E-state index in [4.69, 9.17) is 4.74 Å². The molecule has 0 heterocycles. The molecule has 0 bridgehead atoms. The molecule has 2 atom stereocenters. The summed E-state index contributed by atoms with van der Waals surface area (Å²) in [6.07, 6.45) is 5.24. The van der Waals surface area contributed by atoms with Gasteiger partial charge in [0.05, 0.1) is 13.2 Å². The second-order valence-electron chi connectivity index (χ2n) is 8.10. The molecule has 0 aromatic heterocycles. The van der Waals surface area contributed by atoms with Crippen LogP contribution in [-0.2, 0) is 17.6 Å². The van der Waals surface area contributed by atoms with Gasteiger partial charge in [-0.1, -0.05) is 18.2 Å². The lowest BCUT2D eigenvalue weighted by molar-refractivity contribution is -0.122. The monoisotopic (exact) mass is 396 g/mol. The van der Waals surface area contributed by atoms with Gasteiger partial charge in [0.2, 0.25) is 5.91 Å². The molecule has 3 rings (SSSR count). The number of ether oxygens (including phenoxy) is 1. The van der Waals surface area contributed by atoms with Crippen LogP contribution in [0.15, 0.2) is 42.5 Å². The number of aryl methyl sites for hydroxylation is 1. The Labute approximate surface area is 173 Å². The molecule has 2 aromatic rings. The predicted molar refractivity (Wildman–Crippen MR) is 115 cm³/mol. The van der Waals surface area contributed by atoms with Crippen molar-refractivity contribution in [2.45, 2.75) is 50.6 Å². The molecule has 1 aliphatic rings. The fourth-order valence-electron chi connectivity index (χ4n) is 4.08. The first-order valence-corrected chi connectivity index (χ1v) is 10.4. The number of aromatic hydroxyl groups is 1. The highest BCUT2D eigenvalue weighted by Gasteiger charge is 2.23. The van der Waals surface area contributed by atoms with Crippen LogP contribution in [0.25, 0.3) is 0 Å². The first-order valence-electron chi connectivity index (χ1n) is 10.4. The SMILES string of the molecule is COc1ccc2c(c1)CCCC2NC(=O)CC[C@H](Cc1ccc(O)cc1)N(C)C. The third-order valence-corrected chi connectivity index (χ3v) is 5.84. The molecular weight excluding hydrogens is 364 g/mol. The molecule has 0 saturated carbocycles. The van der Waals surface area contributed by atoms with E-state index in [9.17, 15) is 9.90 Å². The van der Waals surface area contributed by atoms with Crippen molar-refractivity contribution >= 4 is 5.91 Å². The maximum absolute atomic E-state index is 12.7. The van der Waals surface area contributed by atoms with E-state index in [1.807, 2.05) is 32.3 Å². The van der Waals surface area contributed by atoms with Crippen molar-refractivity contribution in [1.29, 1.82) is 0 Å². The molecule has 5 nitrogen and oxygen atoms in total. The van der Waals surface area contributed by atoms with Gasteiger partial charge in [-0.2, -0.15) is 0 Å². The number of phenols is 1. The molecule has 2 aromatic carbocycles. The Morgan fingerprint density at radius 2 is 2.00 bits per heavy atom.